The van der Waals surface area contributed by atoms with Crippen LogP contribution in [0.2, 0.25) is 5.02 Å². The van der Waals surface area contributed by atoms with Crippen LogP contribution in [0.1, 0.15) is 25.5 Å². The van der Waals surface area contributed by atoms with E-state index >= 15 is 0 Å². The van der Waals surface area contributed by atoms with Gasteiger partial charge in [0.1, 0.15) is 0 Å². The van der Waals surface area contributed by atoms with Crippen LogP contribution in [0.5, 0.6) is 0 Å². The quantitative estimate of drug-likeness (QED) is 0.749. The highest BCUT2D eigenvalue weighted by molar-refractivity contribution is 9.10. The zero-order valence-electron chi connectivity index (χ0n) is 10.7. The van der Waals surface area contributed by atoms with E-state index in [0.717, 1.165) is 10.0 Å². The Bertz CT molecular complexity index is 389. The summed E-state index contributed by atoms with van der Waals surface area (Å²) in [5.41, 5.74) is 6.91. The largest absolute Gasteiger partial charge is 0.396 e. The standard InChI is InChI=1S/C13H20BrClN2O/c1-8(7-18)9(2)17-13(6-16)11-4-3-10(15)5-12(11)14/h3-5,8-9,13,17-18H,6-7,16H2,1-2H3. The van der Waals surface area contributed by atoms with Gasteiger partial charge in [-0.3, -0.25) is 0 Å². The van der Waals surface area contributed by atoms with Gasteiger partial charge >= 0.3 is 0 Å². The first kappa shape index (κ1) is 15.9. The van der Waals surface area contributed by atoms with Crippen LogP contribution in [0.4, 0.5) is 0 Å². The molecule has 18 heavy (non-hydrogen) atoms. The van der Waals surface area contributed by atoms with Crippen molar-refractivity contribution >= 4 is 27.5 Å². The Morgan fingerprint density at radius 2 is 2.11 bits per heavy atom. The van der Waals surface area contributed by atoms with Crippen molar-refractivity contribution < 1.29 is 5.11 Å². The smallest absolute Gasteiger partial charge is 0.0471 e. The van der Waals surface area contributed by atoms with Gasteiger partial charge in [-0.05, 0) is 30.5 Å². The Hall–Kier alpha value is -0.130. The number of aliphatic hydroxyl groups is 1. The maximum atomic E-state index is 9.15. The number of halogens is 2. The molecule has 4 N–H and O–H groups in total. The molecule has 0 bridgehead atoms. The van der Waals surface area contributed by atoms with Gasteiger partial charge in [0.05, 0.1) is 0 Å². The number of benzene rings is 1. The number of nitrogens with two attached hydrogens (primary N) is 1. The van der Waals surface area contributed by atoms with Crippen molar-refractivity contribution in [2.45, 2.75) is 25.9 Å². The maximum Gasteiger partial charge on any atom is 0.0471 e. The van der Waals surface area contributed by atoms with Crippen LogP contribution in [-0.2, 0) is 0 Å². The molecule has 0 aliphatic rings. The second kappa shape index (κ2) is 7.46. The minimum atomic E-state index is 0.0423. The first-order chi connectivity index (χ1) is 8.49. The topological polar surface area (TPSA) is 58.3 Å². The predicted octanol–water partition coefficient (Wildman–Crippen LogP) is 2.71. The highest BCUT2D eigenvalue weighted by Gasteiger charge is 2.18. The van der Waals surface area contributed by atoms with Crippen molar-refractivity contribution in [1.82, 2.24) is 5.32 Å². The third kappa shape index (κ3) is 4.21. The van der Waals surface area contributed by atoms with Gasteiger partial charge in [0.25, 0.3) is 0 Å². The molecule has 0 spiro atoms. The Labute approximate surface area is 122 Å². The lowest BCUT2D eigenvalue weighted by Gasteiger charge is -2.26. The molecule has 0 heterocycles. The van der Waals surface area contributed by atoms with Gasteiger partial charge < -0.3 is 16.2 Å². The summed E-state index contributed by atoms with van der Waals surface area (Å²) in [5, 5.41) is 13.3. The second-order valence-electron chi connectivity index (χ2n) is 4.57. The van der Waals surface area contributed by atoms with E-state index in [-0.39, 0.29) is 24.6 Å². The number of aliphatic hydroxyl groups excluding tert-OH is 1. The van der Waals surface area contributed by atoms with E-state index in [1.165, 1.54) is 0 Å². The molecule has 102 valence electrons. The summed E-state index contributed by atoms with van der Waals surface area (Å²) in [6, 6.07) is 5.91. The molecule has 0 saturated heterocycles. The zero-order chi connectivity index (χ0) is 13.7. The Balaban J connectivity index is 2.83. The van der Waals surface area contributed by atoms with Crippen molar-refractivity contribution in [3.05, 3.63) is 33.3 Å². The first-order valence-electron chi connectivity index (χ1n) is 6.01. The Kier molecular flexibility index (Phi) is 6.60. The lowest BCUT2D eigenvalue weighted by atomic mass is 10.0. The van der Waals surface area contributed by atoms with Crippen molar-refractivity contribution in [2.24, 2.45) is 11.7 Å². The van der Waals surface area contributed by atoms with Crippen LogP contribution in [0, 0.1) is 5.92 Å². The Morgan fingerprint density at radius 3 is 2.61 bits per heavy atom. The average Bonchev–Trinajstić information content (AvgIpc) is 2.35. The van der Waals surface area contributed by atoms with E-state index in [1.54, 1.807) is 0 Å². The Morgan fingerprint density at radius 1 is 1.44 bits per heavy atom. The summed E-state index contributed by atoms with van der Waals surface area (Å²) in [5.74, 6) is 0.185. The molecule has 3 unspecified atom stereocenters. The van der Waals surface area contributed by atoms with Crippen LogP contribution in [-0.4, -0.2) is 24.3 Å². The van der Waals surface area contributed by atoms with Gasteiger partial charge in [-0.25, -0.2) is 0 Å². The molecule has 0 fully saturated rings. The van der Waals surface area contributed by atoms with Crippen molar-refractivity contribution in [2.75, 3.05) is 13.2 Å². The molecule has 0 radical (unpaired) electrons. The van der Waals surface area contributed by atoms with Gasteiger partial charge in [-0.15, -0.1) is 0 Å². The summed E-state index contributed by atoms with van der Waals surface area (Å²) in [7, 11) is 0. The highest BCUT2D eigenvalue weighted by Crippen LogP contribution is 2.27. The van der Waals surface area contributed by atoms with Gasteiger partial charge in [0, 0.05) is 34.7 Å². The van der Waals surface area contributed by atoms with Crippen LogP contribution in [0.15, 0.2) is 22.7 Å². The minimum absolute atomic E-state index is 0.0423. The molecule has 0 aliphatic heterocycles. The second-order valence-corrected chi connectivity index (χ2v) is 5.86. The van der Waals surface area contributed by atoms with E-state index in [4.69, 9.17) is 22.4 Å². The van der Waals surface area contributed by atoms with Gasteiger partial charge in [-0.2, -0.15) is 0 Å². The number of nitrogens with one attached hydrogen (secondary N) is 1. The van der Waals surface area contributed by atoms with Gasteiger partial charge in [-0.1, -0.05) is 40.5 Å². The molecular formula is C13H20BrClN2O. The molecule has 0 amide bonds. The number of rotatable bonds is 6. The SMILES string of the molecule is CC(CO)C(C)NC(CN)c1ccc(Cl)cc1Br. The molecule has 3 nitrogen and oxygen atoms in total. The summed E-state index contributed by atoms with van der Waals surface area (Å²) in [6.45, 7) is 4.70. The van der Waals surface area contributed by atoms with Crippen LogP contribution in [0.25, 0.3) is 0 Å². The fraction of sp³-hybridized carbons (Fsp3) is 0.538. The zero-order valence-corrected chi connectivity index (χ0v) is 13.0. The van der Waals surface area contributed by atoms with Gasteiger partial charge in [0.2, 0.25) is 0 Å². The maximum absolute atomic E-state index is 9.15. The molecule has 0 saturated carbocycles. The predicted molar refractivity (Wildman–Crippen MR) is 79.8 cm³/mol. The molecule has 0 aromatic heterocycles. The summed E-state index contributed by atoms with van der Waals surface area (Å²) >= 11 is 9.43. The normalized spacial score (nSPS) is 16.3. The first-order valence-corrected chi connectivity index (χ1v) is 7.18. The molecule has 0 aliphatic carbocycles. The van der Waals surface area contributed by atoms with Crippen LogP contribution < -0.4 is 11.1 Å². The minimum Gasteiger partial charge on any atom is -0.396 e. The van der Waals surface area contributed by atoms with Crippen LogP contribution in [0.3, 0.4) is 0 Å². The van der Waals surface area contributed by atoms with Crippen molar-refractivity contribution in [1.29, 1.82) is 0 Å². The fourth-order valence-corrected chi connectivity index (χ4v) is 2.67. The van der Waals surface area contributed by atoms with E-state index in [2.05, 4.69) is 21.2 Å². The number of hydrogen-bond acceptors (Lipinski definition) is 3. The third-order valence-electron chi connectivity index (χ3n) is 3.18. The molecule has 1 aromatic rings. The molecule has 1 aromatic carbocycles. The summed E-state index contributed by atoms with van der Waals surface area (Å²) < 4.78 is 0.946. The fourth-order valence-electron chi connectivity index (χ4n) is 1.71. The highest BCUT2D eigenvalue weighted by atomic mass is 79.9. The van der Waals surface area contributed by atoms with E-state index in [9.17, 15) is 0 Å². The average molecular weight is 336 g/mol. The van der Waals surface area contributed by atoms with Crippen LogP contribution >= 0.6 is 27.5 Å². The van der Waals surface area contributed by atoms with E-state index in [1.807, 2.05) is 32.0 Å². The molecule has 1 rings (SSSR count). The van der Waals surface area contributed by atoms with E-state index < -0.39 is 0 Å². The lowest BCUT2D eigenvalue weighted by Crippen LogP contribution is -2.39. The van der Waals surface area contributed by atoms with Crippen molar-refractivity contribution in [3.8, 4) is 0 Å². The molecule has 3 atom stereocenters. The van der Waals surface area contributed by atoms with Crippen molar-refractivity contribution in [3.63, 3.8) is 0 Å². The summed E-state index contributed by atoms with van der Waals surface area (Å²) in [6.07, 6.45) is 0. The third-order valence-corrected chi connectivity index (χ3v) is 4.10. The number of hydrogen-bond donors (Lipinski definition) is 3. The van der Waals surface area contributed by atoms with Gasteiger partial charge in [0.15, 0.2) is 0 Å². The lowest BCUT2D eigenvalue weighted by molar-refractivity contribution is 0.201. The molecular weight excluding hydrogens is 316 g/mol. The summed E-state index contributed by atoms with van der Waals surface area (Å²) in [4.78, 5) is 0. The monoisotopic (exact) mass is 334 g/mol. The van der Waals surface area contributed by atoms with E-state index in [0.29, 0.717) is 11.6 Å². The molecule has 5 heteroatoms.